The maximum absolute atomic E-state index is 3.90. The van der Waals surface area contributed by atoms with Gasteiger partial charge < -0.3 is 0 Å². The van der Waals surface area contributed by atoms with Crippen LogP contribution in [0.1, 0.15) is 13.0 Å². The Kier molecular flexibility index (Phi) is 2.74. The van der Waals surface area contributed by atoms with Crippen molar-refractivity contribution in [3.8, 4) is 11.4 Å². The normalized spacial score (nSPS) is 9.31. The van der Waals surface area contributed by atoms with Crippen molar-refractivity contribution in [2.75, 3.05) is 0 Å². The van der Waals surface area contributed by atoms with Gasteiger partial charge >= 0.3 is 0 Å². The van der Waals surface area contributed by atoms with Gasteiger partial charge in [0.2, 0.25) is 5.82 Å². The molecule has 0 saturated heterocycles. The fourth-order valence-corrected chi connectivity index (χ4v) is 1.10. The predicted molar refractivity (Wildman–Crippen MR) is 51.1 cm³/mol. The van der Waals surface area contributed by atoms with E-state index < -0.39 is 0 Å². The van der Waals surface area contributed by atoms with E-state index in [0.29, 0.717) is 5.82 Å². The highest BCUT2D eigenvalue weighted by molar-refractivity contribution is 5.58. The Morgan fingerprint density at radius 1 is 1.23 bits per heavy atom. The highest BCUT2D eigenvalue weighted by atomic mass is 15.5. The molecule has 2 rings (SSSR count). The number of tetrazole rings is 1. The number of aromatic nitrogens is 4. The van der Waals surface area contributed by atoms with E-state index in [2.05, 4.69) is 20.6 Å². The van der Waals surface area contributed by atoms with Crippen LogP contribution in [0, 0.1) is 6.92 Å². The molecule has 4 nitrogen and oxygen atoms in total. The number of nitrogens with one attached hydrogen (secondary N) is 1. The van der Waals surface area contributed by atoms with Crippen molar-refractivity contribution < 1.29 is 0 Å². The molecular formula is C9H12N4. The van der Waals surface area contributed by atoms with Gasteiger partial charge in [-0.05, 0) is 17.7 Å². The molecule has 0 saturated carbocycles. The smallest absolute Gasteiger partial charge is 0.177 e. The first-order valence-electron chi connectivity index (χ1n) is 3.67. The summed E-state index contributed by atoms with van der Waals surface area (Å²) in [6.07, 6.45) is 0. The Labute approximate surface area is 77.0 Å². The van der Waals surface area contributed by atoms with Gasteiger partial charge in [-0.25, -0.2) is 0 Å². The molecule has 13 heavy (non-hydrogen) atoms. The molecule has 2 aromatic rings. The quantitative estimate of drug-likeness (QED) is 0.721. The Morgan fingerprint density at radius 3 is 2.62 bits per heavy atom. The monoisotopic (exact) mass is 176 g/mol. The molecule has 4 heteroatoms. The zero-order valence-electron chi connectivity index (χ0n) is 6.65. The number of H-pyrrole nitrogens is 1. The van der Waals surface area contributed by atoms with Crippen molar-refractivity contribution in [2.24, 2.45) is 0 Å². The van der Waals surface area contributed by atoms with Crippen LogP contribution in [0.25, 0.3) is 11.4 Å². The second kappa shape index (κ2) is 3.80. The summed E-state index contributed by atoms with van der Waals surface area (Å²) >= 11 is 0. The van der Waals surface area contributed by atoms with Crippen LogP contribution >= 0.6 is 0 Å². The fourth-order valence-electron chi connectivity index (χ4n) is 1.10. The van der Waals surface area contributed by atoms with Crippen LogP contribution in [0.15, 0.2) is 24.3 Å². The molecule has 0 bridgehead atoms. The van der Waals surface area contributed by atoms with Gasteiger partial charge in [0.1, 0.15) is 0 Å². The molecule has 0 aliphatic carbocycles. The second-order valence-electron chi connectivity index (χ2n) is 2.55. The average Bonchev–Trinajstić information content (AvgIpc) is 2.57. The predicted octanol–water partition coefficient (Wildman–Crippen LogP) is 1.81. The molecule has 0 radical (unpaired) electrons. The van der Waals surface area contributed by atoms with Gasteiger partial charge in [-0.1, -0.05) is 31.7 Å². The van der Waals surface area contributed by atoms with Gasteiger partial charge in [0.25, 0.3) is 0 Å². The third kappa shape index (κ3) is 1.72. The van der Waals surface area contributed by atoms with Gasteiger partial charge in [0.15, 0.2) is 0 Å². The average molecular weight is 176 g/mol. The van der Waals surface area contributed by atoms with Gasteiger partial charge in [-0.3, -0.25) is 0 Å². The minimum Gasteiger partial charge on any atom is -0.177 e. The van der Waals surface area contributed by atoms with Crippen molar-refractivity contribution >= 4 is 0 Å². The molecule has 0 aliphatic heterocycles. The van der Waals surface area contributed by atoms with Crippen molar-refractivity contribution in [3.63, 3.8) is 0 Å². The number of aromatic amines is 1. The topological polar surface area (TPSA) is 54.5 Å². The van der Waals surface area contributed by atoms with E-state index >= 15 is 0 Å². The SMILES string of the molecule is C.Cc1ccccc1-c1nn[nH]n1. The van der Waals surface area contributed by atoms with Crippen LogP contribution in [0.4, 0.5) is 0 Å². The molecular weight excluding hydrogens is 164 g/mol. The lowest BCUT2D eigenvalue weighted by Gasteiger charge is -1.97. The third-order valence-electron chi connectivity index (χ3n) is 1.73. The van der Waals surface area contributed by atoms with E-state index in [1.165, 1.54) is 0 Å². The standard InChI is InChI=1S/C8H8N4.CH4/c1-6-4-2-3-5-7(6)8-9-11-12-10-8;/h2-5H,1H3,(H,9,10,11,12);1H4. The lowest BCUT2D eigenvalue weighted by molar-refractivity contribution is 0.881. The van der Waals surface area contributed by atoms with Gasteiger partial charge in [-0.15, -0.1) is 10.2 Å². The number of hydrogen-bond donors (Lipinski definition) is 1. The second-order valence-corrected chi connectivity index (χ2v) is 2.55. The molecule has 0 unspecified atom stereocenters. The van der Waals surface area contributed by atoms with Crippen molar-refractivity contribution in [1.29, 1.82) is 0 Å². The number of aryl methyl sites for hydroxylation is 1. The molecule has 0 spiro atoms. The zero-order valence-corrected chi connectivity index (χ0v) is 6.65. The van der Waals surface area contributed by atoms with Crippen LogP contribution in [0.5, 0.6) is 0 Å². The lowest BCUT2D eigenvalue weighted by Crippen LogP contribution is -1.84. The summed E-state index contributed by atoms with van der Waals surface area (Å²) in [7, 11) is 0. The maximum atomic E-state index is 3.90. The highest BCUT2D eigenvalue weighted by Crippen LogP contribution is 2.16. The van der Waals surface area contributed by atoms with Crippen molar-refractivity contribution in [3.05, 3.63) is 29.8 Å². The van der Waals surface area contributed by atoms with Crippen molar-refractivity contribution in [2.45, 2.75) is 14.4 Å². The first-order valence-corrected chi connectivity index (χ1v) is 3.67. The summed E-state index contributed by atoms with van der Waals surface area (Å²) in [6.45, 7) is 2.02. The fraction of sp³-hybridized carbons (Fsp3) is 0.222. The number of hydrogen-bond acceptors (Lipinski definition) is 3. The van der Waals surface area contributed by atoms with Gasteiger partial charge in [0.05, 0.1) is 0 Å². The van der Waals surface area contributed by atoms with Gasteiger partial charge in [-0.2, -0.15) is 5.21 Å². The third-order valence-corrected chi connectivity index (χ3v) is 1.73. The minimum atomic E-state index is 0. The first-order chi connectivity index (χ1) is 5.88. The van der Waals surface area contributed by atoms with E-state index in [1.54, 1.807) is 0 Å². The largest absolute Gasteiger partial charge is 0.204 e. The first kappa shape index (κ1) is 9.38. The Morgan fingerprint density at radius 2 is 2.00 bits per heavy atom. The molecule has 1 aromatic heterocycles. The zero-order chi connectivity index (χ0) is 8.39. The van der Waals surface area contributed by atoms with E-state index in [1.807, 2.05) is 31.2 Å². The molecule has 68 valence electrons. The molecule has 1 aromatic carbocycles. The van der Waals surface area contributed by atoms with E-state index in [9.17, 15) is 0 Å². The molecule has 0 aliphatic rings. The molecule has 1 N–H and O–H groups in total. The van der Waals surface area contributed by atoms with Crippen molar-refractivity contribution in [1.82, 2.24) is 20.6 Å². The van der Waals surface area contributed by atoms with Crippen LogP contribution in [-0.2, 0) is 0 Å². The highest BCUT2D eigenvalue weighted by Gasteiger charge is 2.03. The minimum absolute atomic E-state index is 0. The molecule has 0 fully saturated rings. The van der Waals surface area contributed by atoms with E-state index in [0.717, 1.165) is 11.1 Å². The Balaban J connectivity index is 0.000000845. The van der Waals surface area contributed by atoms with Crippen LogP contribution in [0.3, 0.4) is 0 Å². The number of nitrogens with zero attached hydrogens (tertiary/aromatic N) is 3. The van der Waals surface area contributed by atoms with E-state index in [-0.39, 0.29) is 7.43 Å². The van der Waals surface area contributed by atoms with Gasteiger partial charge in [0, 0.05) is 5.56 Å². The molecule has 0 atom stereocenters. The molecule has 0 amide bonds. The number of rotatable bonds is 1. The maximum Gasteiger partial charge on any atom is 0.204 e. The summed E-state index contributed by atoms with van der Waals surface area (Å²) in [5.74, 6) is 0.646. The summed E-state index contributed by atoms with van der Waals surface area (Å²) in [4.78, 5) is 0. The lowest BCUT2D eigenvalue weighted by atomic mass is 10.1. The van der Waals surface area contributed by atoms with Crippen LogP contribution in [-0.4, -0.2) is 20.6 Å². The Hall–Kier alpha value is -1.71. The summed E-state index contributed by atoms with van der Waals surface area (Å²) in [5, 5.41) is 13.7. The number of benzene rings is 1. The summed E-state index contributed by atoms with van der Waals surface area (Å²) in [6, 6.07) is 7.93. The summed E-state index contributed by atoms with van der Waals surface area (Å²) < 4.78 is 0. The Bertz CT molecular complexity index is 367. The van der Waals surface area contributed by atoms with Crippen LogP contribution < -0.4 is 0 Å². The molecule has 1 heterocycles. The van der Waals surface area contributed by atoms with E-state index in [4.69, 9.17) is 0 Å². The summed E-state index contributed by atoms with van der Waals surface area (Å²) in [5.41, 5.74) is 2.17. The van der Waals surface area contributed by atoms with Crippen LogP contribution in [0.2, 0.25) is 0 Å².